The molecule has 1 saturated carbocycles. The Balaban J connectivity index is 0.00000272. The summed E-state index contributed by atoms with van der Waals surface area (Å²) in [5.41, 5.74) is 1.16. The number of ether oxygens (including phenoxy) is 1. The predicted molar refractivity (Wildman–Crippen MR) is 137 cm³/mol. The van der Waals surface area contributed by atoms with E-state index in [1.807, 2.05) is 25.2 Å². The highest BCUT2D eigenvalue weighted by Gasteiger charge is 2.39. The summed E-state index contributed by atoms with van der Waals surface area (Å²) in [7, 11) is 1.89. The van der Waals surface area contributed by atoms with Gasteiger partial charge < -0.3 is 25.0 Å². The van der Waals surface area contributed by atoms with Gasteiger partial charge in [0.15, 0.2) is 5.96 Å². The lowest BCUT2D eigenvalue weighted by molar-refractivity contribution is -0.0354. The van der Waals surface area contributed by atoms with Gasteiger partial charge in [-0.1, -0.05) is 31.4 Å². The van der Waals surface area contributed by atoms with Crippen molar-refractivity contribution >= 4 is 35.6 Å². The summed E-state index contributed by atoms with van der Waals surface area (Å²) in [5, 5.41) is 13.9. The van der Waals surface area contributed by atoms with E-state index in [4.69, 9.17) is 4.74 Å². The number of aliphatic imine (C=N–C) groups is 1. The number of aromatic hydroxyl groups is 1. The molecule has 0 aromatic heterocycles. The Hall–Kier alpha value is -1.26. The minimum absolute atomic E-state index is 0. The molecule has 0 atom stereocenters. The molecule has 4 rings (SSSR count). The first-order valence-corrected chi connectivity index (χ1v) is 11.5. The molecule has 31 heavy (non-hydrogen) atoms. The molecular formula is C23H38IN5O2. The first-order valence-electron chi connectivity index (χ1n) is 11.5. The molecule has 3 aliphatic rings. The Morgan fingerprint density at radius 3 is 2.35 bits per heavy atom. The maximum absolute atomic E-state index is 10.2. The molecular weight excluding hydrogens is 505 g/mol. The number of nitrogens with zero attached hydrogens (tertiary/aromatic N) is 4. The molecule has 8 heteroatoms. The summed E-state index contributed by atoms with van der Waals surface area (Å²) < 4.78 is 5.62. The van der Waals surface area contributed by atoms with Gasteiger partial charge >= 0.3 is 0 Å². The van der Waals surface area contributed by atoms with Crippen LogP contribution in [0.2, 0.25) is 0 Å². The molecule has 1 aliphatic carbocycles. The Labute approximate surface area is 203 Å². The van der Waals surface area contributed by atoms with Crippen LogP contribution in [0.5, 0.6) is 5.75 Å². The molecule has 2 saturated heterocycles. The van der Waals surface area contributed by atoms with Gasteiger partial charge in [-0.2, -0.15) is 0 Å². The topological polar surface area (TPSA) is 63.6 Å². The second-order valence-corrected chi connectivity index (χ2v) is 8.75. The van der Waals surface area contributed by atoms with E-state index in [0.29, 0.717) is 5.75 Å². The van der Waals surface area contributed by atoms with Crippen molar-refractivity contribution < 1.29 is 9.84 Å². The second kappa shape index (κ2) is 11.6. The van der Waals surface area contributed by atoms with Gasteiger partial charge in [0.05, 0.1) is 18.9 Å². The maximum atomic E-state index is 10.2. The first-order chi connectivity index (χ1) is 14.7. The van der Waals surface area contributed by atoms with E-state index < -0.39 is 0 Å². The summed E-state index contributed by atoms with van der Waals surface area (Å²) in [6, 6.07) is 7.61. The number of piperazine rings is 1. The van der Waals surface area contributed by atoms with E-state index in [9.17, 15) is 5.11 Å². The number of rotatable bonds is 4. The molecule has 0 unspecified atom stereocenters. The minimum Gasteiger partial charge on any atom is -0.506 e. The smallest absolute Gasteiger partial charge is 0.193 e. The van der Waals surface area contributed by atoms with Gasteiger partial charge in [-0.25, -0.2) is 0 Å². The fraction of sp³-hybridized carbons (Fsp3) is 0.696. The summed E-state index contributed by atoms with van der Waals surface area (Å²) in [6.07, 6.45) is 6.51. The van der Waals surface area contributed by atoms with Crippen molar-refractivity contribution in [1.29, 1.82) is 0 Å². The summed E-state index contributed by atoms with van der Waals surface area (Å²) in [6.45, 7) is 8.31. The third-order valence-corrected chi connectivity index (χ3v) is 7.06. The van der Waals surface area contributed by atoms with Crippen LogP contribution in [-0.2, 0) is 4.74 Å². The molecule has 0 bridgehead atoms. The third kappa shape index (κ3) is 5.76. The van der Waals surface area contributed by atoms with Gasteiger partial charge in [0.25, 0.3) is 0 Å². The van der Waals surface area contributed by atoms with E-state index in [1.54, 1.807) is 6.07 Å². The quantitative estimate of drug-likeness (QED) is 0.346. The number of hydrogen-bond acceptors (Lipinski definition) is 5. The van der Waals surface area contributed by atoms with Gasteiger partial charge in [-0.3, -0.25) is 9.89 Å². The molecule has 2 aliphatic heterocycles. The van der Waals surface area contributed by atoms with E-state index in [1.165, 1.54) is 32.1 Å². The fourth-order valence-electron chi connectivity index (χ4n) is 5.32. The number of phenolic OH excluding ortho intramolecular Hbond substituents is 1. The van der Waals surface area contributed by atoms with E-state index in [0.717, 1.165) is 70.7 Å². The van der Waals surface area contributed by atoms with Gasteiger partial charge in [-0.15, -0.1) is 24.0 Å². The number of nitrogens with one attached hydrogen (secondary N) is 1. The van der Waals surface area contributed by atoms with Crippen LogP contribution in [0.15, 0.2) is 29.3 Å². The Bertz CT molecular complexity index is 712. The van der Waals surface area contributed by atoms with Crippen molar-refractivity contribution in [2.24, 2.45) is 4.99 Å². The van der Waals surface area contributed by atoms with Crippen LogP contribution in [0.4, 0.5) is 5.69 Å². The minimum atomic E-state index is 0. The SMILES string of the molecule is CN=C(NCC1(N2CCOCC2)CCCCC1)N1CCN(c2ccccc2O)CC1.I. The first kappa shape index (κ1) is 24.4. The summed E-state index contributed by atoms with van der Waals surface area (Å²) in [5.74, 6) is 1.36. The molecule has 1 aromatic carbocycles. The number of hydrogen-bond donors (Lipinski definition) is 2. The van der Waals surface area contributed by atoms with Gasteiger partial charge in [0.1, 0.15) is 5.75 Å². The summed E-state index contributed by atoms with van der Waals surface area (Å²) in [4.78, 5) is 11.9. The van der Waals surface area contributed by atoms with Gasteiger partial charge in [-0.05, 0) is 25.0 Å². The van der Waals surface area contributed by atoms with Crippen molar-refractivity contribution in [3.05, 3.63) is 24.3 Å². The number of phenols is 1. The fourth-order valence-corrected chi connectivity index (χ4v) is 5.32. The average Bonchev–Trinajstić information content (AvgIpc) is 2.81. The lowest BCUT2D eigenvalue weighted by Gasteiger charge is -2.48. The van der Waals surface area contributed by atoms with Crippen LogP contribution in [0, 0.1) is 0 Å². The summed E-state index contributed by atoms with van der Waals surface area (Å²) >= 11 is 0. The third-order valence-electron chi connectivity index (χ3n) is 7.06. The standard InChI is InChI=1S/C23H37N5O2.HI/c1-24-22(27-13-11-26(12-14-27)20-7-3-4-8-21(20)29)25-19-23(9-5-2-6-10-23)28-15-17-30-18-16-28;/h3-4,7-8,29H,2,5-6,9-19H2,1H3,(H,24,25);1H. The monoisotopic (exact) mass is 543 g/mol. The molecule has 0 amide bonds. The van der Waals surface area contributed by atoms with Crippen LogP contribution in [0.1, 0.15) is 32.1 Å². The van der Waals surface area contributed by atoms with Crippen LogP contribution in [-0.4, -0.2) is 92.5 Å². The molecule has 0 spiro atoms. The van der Waals surface area contributed by atoms with E-state index in [-0.39, 0.29) is 29.5 Å². The normalized spacial score (nSPS) is 22.7. The van der Waals surface area contributed by atoms with Crippen molar-refractivity contribution in [2.75, 3.05) is 71.0 Å². The molecule has 2 N–H and O–H groups in total. The molecule has 7 nitrogen and oxygen atoms in total. The van der Waals surface area contributed by atoms with Crippen molar-refractivity contribution in [3.8, 4) is 5.75 Å². The van der Waals surface area contributed by atoms with Crippen LogP contribution in [0.25, 0.3) is 0 Å². The second-order valence-electron chi connectivity index (χ2n) is 8.75. The Morgan fingerprint density at radius 2 is 1.71 bits per heavy atom. The molecule has 174 valence electrons. The zero-order chi connectivity index (χ0) is 20.8. The highest BCUT2D eigenvalue weighted by atomic mass is 127. The lowest BCUT2D eigenvalue weighted by Crippen LogP contribution is -2.61. The number of guanidine groups is 1. The molecule has 2 heterocycles. The van der Waals surface area contributed by atoms with Crippen LogP contribution in [0.3, 0.4) is 0 Å². The molecule has 0 radical (unpaired) electrons. The highest BCUT2D eigenvalue weighted by Crippen LogP contribution is 2.34. The van der Waals surface area contributed by atoms with E-state index >= 15 is 0 Å². The average molecular weight is 543 g/mol. The number of morpholine rings is 1. The van der Waals surface area contributed by atoms with Crippen molar-refractivity contribution in [1.82, 2.24) is 15.1 Å². The van der Waals surface area contributed by atoms with Gasteiger partial charge in [0, 0.05) is 58.4 Å². The number of anilines is 1. The molecule has 1 aromatic rings. The van der Waals surface area contributed by atoms with Crippen molar-refractivity contribution in [2.45, 2.75) is 37.6 Å². The lowest BCUT2D eigenvalue weighted by atomic mass is 9.79. The highest BCUT2D eigenvalue weighted by molar-refractivity contribution is 14.0. The zero-order valence-corrected chi connectivity index (χ0v) is 21.1. The predicted octanol–water partition coefficient (Wildman–Crippen LogP) is 2.74. The number of halogens is 1. The Morgan fingerprint density at radius 1 is 1.03 bits per heavy atom. The Kier molecular flexibility index (Phi) is 9.09. The zero-order valence-electron chi connectivity index (χ0n) is 18.8. The van der Waals surface area contributed by atoms with Crippen LogP contribution >= 0.6 is 24.0 Å². The molecule has 3 fully saturated rings. The van der Waals surface area contributed by atoms with Crippen LogP contribution < -0.4 is 10.2 Å². The number of benzene rings is 1. The largest absolute Gasteiger partial charge is 0.506 e. The van der Waals surface area contributed by atoms with E-state index in [2.05, 4.69) is 25.0 Å². The number of para-hydroxylation sites is 2. The van der Waals surface area contributed by atoms with Crippen molar-refractivity contribution in [3.63, 3.8) is 0 Å². The maximum Gasteiger partial charge on any atom is 0.193 e. The van der Waals surface area contributed by atoms with Gasteiger partial charge in [0.2, 0.25) is 0 Å².